The van der Waals surface area contributed by atoms with Crippen molar-refractivity contribution < 1.29 is 9.18 Å². The zero-order valence-electron chi connectivity index (χ0n) is 16.5. The first-order chi connectivity index (χ1) is 13.5. The maximum absolute atomic E-state index is 14.8. The fourth-order valence-corrected chi connectivity index (χ4v) is 4.31. The number of benzene rings is 2. The van der Waals surface area contributed by atoms with E-state index in [9.17, 15) is 9.18 Å². The molecule has 2 amide bonds. The number of carbonyl (C=O) groups is 1. The summed E-state index contributed by atoms with van der Waals surface area (Å²) in [5, 5.41) is 3.04. The van der Waals surface area contributed by atoms with Crippen molar-refractivity contribution in [3.8, 4) is 11.1 Å². The van der Waals surface area contributed by atoms with Gasteiger partial charge in [-0.15, -0.1) is 0 Å². The van der Waals surface area contributed by atoms with Crippen LogP contribution < -0.4 is 5.32 Å². The number of halogens is 1. The molecule has 2 heterocycles. The molecule has 4 heteroatoms. The van der Waals surface area contributed by atoms with Crippen LogP contribution >= 0.6 is 0 Å². The van der Waals surface area contributed by atoms with Crippen molar-refractivity contribution in [2.75, 3.05) is 6.54 Å². The number of nitrogens with zero attached hydrogens (tertiary/aromatic N) is 1. The molecule has 1 fully saturated rings. The monoisotopic (exact) mass is 378 g/mol. The number of rotatable bonds is 4. The highest BCUT2D eigenvalue weighted by atomic mass is 19.1. The highest BCUT2D eigenvalue weighted by Gasteiger charge is 2.39. The van der Waals surface area contributed by atoms with Gasteiger partial charge in [0.05, 0.1) is 6.04 Å². The molecule has 2 aromatic rings. The standard InChI is InChI=1S/C24H27FN2O/c1-16(2)15-26-24(28)27-20-9-10-21(27)13-19(12-20)18-8-11-22(23(25)14-18)17-6-4-3-5-7-17/h3-8,11-12,14,16,20-21H,9-10,13,15H2,1-2H3,(H,26,28). The minimum atomic E-state index is -0.200. The summed E-state index contributed by atoms with van der Waals surface area (Å²) in [5.41, 5.74) is 3.59. The smallest absolute Gasteiger partial charge is 0.318 e. The normalized spacial score (nSPS) is 21.0. The van der Waals surface area contributed by atoms with Gasteiger partial charge in [0.2, 0.25) is 0 Å². The van der Waals surface area contributed by atoms with Crippen molar-refractivity contribution in [3.63, 3.8) is 0 Å². The Kier molecular flexibility index (Phi) is 5.21. The summed E-state index contributed by atoms with van der Waals surface area (Å²) in [6.45, 7) is 4.88. The number of carbonyl (C=O) groups excluding carboxylic acids is 1. The summed E-state index contributed by atoms with van der Waals surface area (Å²) in [6, 6.07) is 15.5. The highest BCUT2D eigenvalue weighted by molar-refractivity contribution is 5.79. The van der Waals surface area contributed by atoms with E-state index in [1.807, 2.05) is 47.4 Å². The van der Waals surface area contributed by atoms with Crippen LogP contribution in [0.5, 0.6) is 0 Å². The van der Waals surface area contributed by atoms with Crippen LogP contribution in [0.4, 0.5) is 9.18 Å². The number of hydrogen-bond acceptors (Lipinski definition) is 1. The van der Waals surface area contributed by atoms with Crippen LogP contribution in [0, 0.1) is 11.7 Å². The van der Waals surface area contributed by atoms with Gasteiger partial charge in [-0.1, -0.05) is 62.4 Å². The average molecular weight is 378 g/mol. The molecule has 2 aliphatic rings. The molecule has 2 aromatic carbocycles. The second-order valence-electron chi connectivity index (χ2n) is 8.24. The first kappa shape index (κ1) is 18.7. The summed E-state index contributed by atoms with van der Waals surface area (Å²) < 4.78 is 14.8. The lowest BCUT2D eigenvalue weighted by molar-refractivity contribution is 0.178. The summed E-state index contributed by atoms with van der Waals surface area (Å²) in [7, 11) is 0. The predicted octanol–water partition coefficient (Wildman–Crippen LogP) is 5.48. The fourth-order valence-electron chi connectivity index (χ4n) is 4.31. The van der Waals surface area contributed by atoms with E-state index in [1.54, 1.807) is 6.07 Å². The van der Waals surface area contributed by atoms with Gasteiger partial charge in [-0.3, -0.25) is 0 Å². The number of amides is 2. The zero-order chi connectivity index (χ0) is 19.7. The van der Waals surface area contributed by atoms with E-state index in [0.29, 0.717) is 18.0 Å². The van der Waals surface area contributed by atoms with Crippen molar-refractivity contribution in [1.29, 1.82) is 0 Å². The van der Waals surface area contributed by atoms with E-state index in [1.165, 1.54) is 0 Å². The third-order valence-electron chi connectivity index (χ3n) is 5.72. The lowest BCUT2D eigenvalue weighted by Gasteiger charge is -2.34. The number of urea groups is 1. The largest absolute Gasteiger partial charge is 0.338 e. The molecule has 0 aliphatic carbocycles. The van der Waals surface area contributed by atoms with E-state index in [-0.39, 0.29) is 23.9 Å². The van der Waals surface area contributed by atoms with Gasteiger partial charge in [0, 0.05) is 18.2 Å². The first-order valence-electron chi connectivity index (χ1n) is 10.1. The summed E-state index contributed by atoms with van der Waals surface area (Å²) in [5.74, 6) is 0.234. The van der Waals surface area contributed by atoms with Crippen LogP contribution in [0.15, 0.2) is 54.6 Å². The van der Waals surface area contributed by atoms with Crippen LogP contribution in [-0.2, 0) is 0 Å². The molecule has 4 rings (SSSR count). The Morgan fingerprint density at radius 1 is 1.14 bits per heavy atom. The summed E-state index contributed by atoms with van der Waals surface area (Å²) in [6.07, 6.45) is 4.93. The van der Waals surface area contributed by atoms with Crippen molar-refractivity contribution in [1.82, 2.24) is 10.2 Å². The third-order valence-corrected chi connectivity index (χ3v) is 5.72. The highest BCUT2D eigenvalue weighted by Crippen LogP contribution is 2.39. The van der Waals surface area contributed by atoms with Gasteiger partial charge in [0.1, 0.15) is 5.82 Å². The molecule has 1 N–H and O–H groups in total. The van der Waals surface area contributed by atoms with Gasteiger partial charge < -0.3 is 10.2 Å². The van der Waals surface area contributed by atoms with Crippen molar-refractivity contribution in [2.24, 2.45) is 5.92 Å². The van der Waals surface area contributed by atoms with Crippen LogP contribution in [0.1, 0.15) is 38.7 Å². The zero-order valence-corrected chi connectivity index (χ0v) is 16.5. The SMILES string of the molecule is CC(C)CNC(=O)N1C2C=C(c3ccc(-c4ccccc4)c(F)c3)CC1CC2. The Balaban J connectivity index is 1.54. The van der Waals surface area contributed by atoms with Gasteiger partial charge in [-0.2, -0.15) is 0 Å². The van der Waals surface area contributed by atoms with E-state index in [2.05, 4.69) is 25.2 Å². The van der Waals surface area contributed by atoms with Gasteiger partial charge in [-0.05, 0) is 47.9 Å². The molecule has 28 heavy (non-hydrogen) atoms. The summed E-state index contributed by atoms with van der Waals surface area (Å²) in [4.78, 5) is 14.6. The molecule has 146 valence electrons. The number of hydrogen-bond donors (Lipinski definition) is 1. The number of fused-ring (bicyclic) bond motifs is 2. The Bertz CT molecular complexity index is 891. The Hall–Kier alpha value is -2.62. The second-order valence-corrected chi connectivity index (χ2v) is 8.24. The second kappa shape index (κ2) is 7.78. The molecule has 1 saturated heterocycles. The van der Waals surface area contributed by atoms with Gasteiger partial charge in [0.25, 0.3) is 0 Å². The van der Waals surface area contributed by atoms with Crippen molar-refractivity contribution in [2.45, 2.75) is 45.2 Å². The Morgan fingerprint density at radius 2 is 1.93 bits per heavy atom. The Morgan fingerprint density at radius 3 is 2.61 bits per heavy atom. The Labute approximate surface area is 166 Å². The van der Waals surface area contributed by atoms with Gasteiger partial charge in [0.15, 0.2) is 0 Å². The van der Waals surface area contributed by atoms with Crippen LogP contribution in [-0.4, -0.2) is 29.6 Å². The third kappa shape index (κ3) is 3.68. The molecular weight excluding hydrogens is 351 g/mol. The van der Waals surface area contributed by atoms with E-state index >= 15 is 0 Å². The molecule has 2 aliphatic heterocycles. The van der Waals surface area contributed by atoms with E-state index < -0.39 is 0 Å². The fraction of sp³-hybridized carbons (Fsp3) is 0.375. The minimum absolute atomic E-state index is 0.0297. The molecule has 2 bridgehead atoms. The molecule has 2 atom stereocenters. The maximum Gasteiger partial charge on any atom is 0.318 e. The van der Waals surface area contributed by atoms with Crippen LogP contribution in [0.3, 0.4) is 0 Å². The molecule has 0 saturated carbocycles. The van der Waals surface area contributed by atoms with Gasteiger partial charge >= 0.3 is 6.03 Å². The van der Waals surface area contributed by atoms with Gasteiger partial charge in [-0.25, -0.2) is 9.18 Å². The molecule has 0 aromatic heterocycles. The molecule has 3 nitrogen and oxygen atoms in total. The topological polar surface area (TPSA) is 32.3 Å². The summed E-state index contributed by atoms with van der Waals surface area (Å²) >= 11 is 0. The van der Waals surface area contributed by atoms with Crippen molar-refractivity contribution >= 4 is 11.6 Å². The average Bonchev–Trinajstić information content (AvgIpc) is 2.96. The number of nitrogens with one attached hydrogen (secondary N) is 1. The van der Waals surface area contributed by atoms with Crippen molar-refractivity contribution in [3.05, 3.63) is 66.0 Å². The maximum atomic E-state index is 14.8. The lowest BCUT2D eigenvalue weighted by Crippen LogP contribution is -2.48. The van der Waals surface area contributed by atoms with E-state index in [4.69, 9.17) is 0 Å². The minimum Gasteiger partial charge on any atom is -0.338 e. The molecule has 0 radical (unpaired) electrons. The first-order valence-corrected chi connectivity index (χ1v) is 10.1. The molecular formula is C24H27FN2O. The van der Waals surface area contributed by atoms with Crippen LogP contribution in [0.25, 0.3) is 16.7 Å². The van der Waals surface area contributed by atoms with Crippen LogP contribution in [0.2, 0.25) is 0 Å². The predicted molar refractivity (Wildman–Crippen MR) is 111 cm³/mol. The molecule has 2 unspecified atom stereocenters. The quantitative estimate of drug-likeness (QED) is 0.751. The molecule has 0 spiro atoms. The van der Waals surface area contributed by atoms with E-state index in [0.717, 1.165) is 36.0 Å². The lowest BCUT2D eigenvalue weighted by atomic mass is 9.93.